The second-order valence-electron chi connectivity index (χ2n) is 10.6. The third kappa shape index (κ3) is 5.92. The first kappa shape index (κ1) is 27.7. The predicted octanol–water partition coefficient (Wildman–Crippen LogP) is 7.39. The van der Waals surface area contributed by atoms with E-state index in [1.807, 2.05) is 72.9 Å². The van der Waals surface area contributed by atoms with E-state index in [-0.39, 0.29) is 11.5 Å². The predicted molar refractivity (Wildman–Crippen MR) is 148 cm³/mol. The van der Waals surface area contributed by atoms with E-state index in [1.165, 1.54) is 12.0 Å². The maximum Gasteiger partial charge on any atom is 0.197 e. The number of ketones is 1. The summed E-state index contributed by atoms with van der Waals surface area (Å²) >= 11 is 1.23. The Morgan fingerprint density at radius 2 is 1.53 bits per heavy atom. The minimum absolute atomic E-state index is 0.00327. The molecule has 0 radical (unpaired) electrons. The molecule has 1 aliphatic rings. The summed E-state index contributed by atoms with van der Waals surface area (Å²) in [5, 5.41) is 11.5. The molecule has 1 aliphatic carbocycles. The van der Waals surface area contributed by atoms with Gasteiger partial charge in [-0.05, 0) is 91.0 Å². The number of benzene rings is 2. The Morgan fingerprint density at radius 3 is 2.06 bits per heavy atom. The molecular formula is C30H38O5S. The van der Waals surface area contributed by atoms with Crippen LogP contribution in [0.4, 0.5) is 0 Å². The zero-order chi connectivity index (χ0) is 26.8. The van der Waals surface area contributed by atoms with Gasteiger partial charge in [-0.15, -0.1) is 0 Å². The topological polar surface area (TPSA) is 65.0 Å². The van der Waals surface area contributed by atoms with Gasteiger partial charge in [-0.25, -0.2) is 0 Å². The zero-order valence-corrected chi connectivity index (χ0v) is 23.7. The van der Waals surface area contributed by atoms with Crippen LogP contribution in [0.1, 0.15) is 86.6 Å². The molecule has 3 rings (SSSR count). The van der Waals surface area contributed by atoms with Crippen LogP contribution in [0.5, 0.6) is 23.0 Å². The Morgan fingerprint density at radius 1 is 0.972 bits per heavy atom. The highest BCUT2D eigenvalue weighted by atomic mass is 32.2. The number of hydrogen-bond donors (Lipinski definition) is 1. The number of ether oxygens (including phenoxy) is 2. The minimum Gasteiger partial charge on any atom is -0.507 e. The van der Waals surface area contributed by atoms with Gasteiger partial charge in [-0.2, -0.15) is 0 Å². The molecule has 1 N–H and O–H groups in total. The zero-order valence-electron chi connectivity index (χ0n) is 22.9. The molecule has 0 atom stereocenters. The lowest BCUT2D eigenvalue weighted by molar-refractivity contribution is 0.103. The maximum absolute atomic E-state index is 14.1. The van der Waals surface area contributed by atoms with Crippen molar-refractivity contribution in [1.29, 1.82) is 0 Å². The molecule has 0 heterocycles. The fraction of sp³-hybridized carbons (Fsp3) is 0.433. The molecule has 0 bridgehead atoms. The van der Waals surface area contributed by atoms with Crippen LogP contribution in [-0.2, 0) is 19.3 Å². The number of allylic oxidation sites excluding steroid dienone is 4. The third-order valence-electron chi connectivity index (χ3n) is 5.93. The van der Waals surface area contributed by atoms with Crippen molar-refractivity contribution < 1.29 is 23.6 Å². The van der Waals surface area contributed by atoms with E-state index >= 15 is 0 Å². The molecule has 0 fully saturated rings. The van der Waals surface area contributed by atoms with Crippen molar-refractivity contribution in [2.45, 2.75) is 73.3 Å². The van der Waals surface area contributed by atoms with Gasteiger partial charge in [-0.1, -0.05) is 23.3 Å². The lowest BCUT2D eigenvalue weighted by atomic mass is 9.79. The van der Waals surface area contributed by atoms with E-state index < -0.39 is 5.60 Å². The first-order valence-corrected chi connectivity index (χ1v) is 13.3. The van der Waals surface area contributed by atoms with Crippen molar-refractivity contribution in [1.82, 2.24) is 0 Å². The number of carbonyl (C=O) groups is 1. The molecule has 0 saturated heterocycles. The normalized spacial score (nSPS) is 12.4. The molecule has 0 aliphatic heterocycles. The van der Waals surface area contributed by atoms with Crippen LogP contribution in [0.2, 0.25) is 0 Å². The summed E-state index contributed by atoms with van der Waals surface area (Å²) in [5.74, 6) is 1.54. The summed E-state index contributed by atoms with van der Waals surface area (Å²) in [7, 11) is 1.59. The molecular weight excluding hydrogens is 472 g/mol. The lowest BCUT2D eigenvalue weighted by Crippen LogP contribution is -2.25. The Labute approximate surface area is 219 Å². The van der Waals surface area contributed by atoms with E-state index in [2.05, 4.69) is 6.08 Å². The molecule has 0 amide bonds. The second kappa shape index (κ2) is 11.0. The van der Waals surface area contributed by atoms with E-state index in [9.17, 15) is 9.90 Å². The number of rotatable bonds is 8. The second-order valence-corrected chi connectivity index (χ2v) is 11.1. The summed E-state index contributed by atoms with van der Waals surface area (Å²) in [5.41, 5.74) is 5.74. The average Bonchev–Trinajstić information content (AvgIpc) is 2.75. The molecule has 0 aromatic heterocycles. The van der Waals surface area contributed by atoms with Crippen LogP contribution in [0.25, 0.3) is 0 Å². The number of aromatic hydroxyl groups is 1. The molecule has 0 spiro atoms. The van der Waals surface area contributed by atoms with Gasteiger partial charge in [-0.3, -0.25) is 4.79 Å². The smallest absolute Gasteiger partial charge is 0.197 e. The van der Waals surface area contributed by atoms with Gasteiger partial charge in [0, 0.05) is 22.9 Å². The van der Waals surface area contributed by atoms with Crippen LogP contribution in [0.15, 0.2) is 35.4 Å². The van der Waals surface area contributed by atoms with Crippen LogP contribution in [-0.4, -0.2) is 29.9 Å². The largest absolute Gasteiger partial charge is 0.507 e. The van der Waals surface area contributed by atoms with Crippen molar-refractivity contribution in [3.8, 4) is 23.0 Å². The molecule has 0 unspecified atom stereocenters. The Bertz CT molecular complexity index is 1220. The van der Waals surface area contributed by atoms with E-state index in [4.69, 9.17) is 13.7 Å². The van der Waals surface area contributed by atoms with Gasteiger partial charge < -0.3 is 18.8 Å². The highest BCUT2D eigenvalue weighted by Crippen LogP contribution is 2.46. The Balaban J connectivity index is 2.29. The molecule has 0 saturated carbocycles. The lowest BCUT2D eigenvalue weighted by Gasteiger charge is -2.28. The number of fused-ring (bicyclic) bond motifs is 2. The number of hydrogen-bond acceptors (Lipinski definition) is 6. The summed E-state index contributed by atoms with van der Waals surface area (Å²) in [6, 6.07) is 3.81. The average molecular weight is 511 g/mol. The van der Waals surface area contributed by atoms with Crippen molar-refractivity contribution in [2.75, 3.05) is 13.4 Å². The molecule has 5 nitrogen and oxygen atoms in total. The van der Waals surface area contributed by atoms with Crippen LogP contribution in [0, 0.1) is 0 Å². The number of phenols is 1. The monoisotopic (exact) mass is 510 g/mol. The van der Waals surface area contributed by atoms with Crippen molar-refractivity contribution in [2.24, 2.45) is 0 Å². The van der Waals surface area contributed by atoms with Crippen molar-refractivity contribution in [3.63, 3.8) is 0 Å². The molecule has 194 valence electrons. The fourth-order valence-corrected chi connectivity index (χ4v) is 4.74. The standard InChI is InChI=1S/C30H38O5S/c1-17(2)10-12-21-23(34-30(5,6)7)15-20-14-19-16-24(35-36-9)29(33-8)22(13-11-18(3)4)25(19)28(32)26(20)27(21)31/h10-11,15-16,31H,12-14H2,1-9H3. The van der Waals surface area contributed by atoms with Gasteiger partial charge in [0.05, 0.1) is 24.7 Å². The molecule has 6 heteroatoms. The van der Waals surface area contributed by atoms with Crippen molar-refractivity contribution in [3.05, 3.63) is 68.8 Å². The Kier molecular flexibility index (Phi) is 8.50. The van der Waals surface area contributed by atoms with Gasteiger partial charge in [0.15, 0.2) is 17.3 Å². The van der Waals surface area contributed by atoms with Crippen LogP contribution < -0.4 is 13.7 Å². The van der Waals surface area contributed by atoms with Crippen molar-refractivity contribution >= 4 is 17.8 Å². The number of phenolic OH excluding ortho intramolecular Hbond substituents is 1. The quantitative estimate of drug-likeness (QED) is 0.252. The van der Waals surface area contributed by atoms with Gasteiger partial charge in [0.1, 0.15) is 17.1 Å². The van der Waals surface area contributed by atoms with E-state index in [0.717, 1.165) is 27.8 Å². The Hall–Kier alpha value is -2.86. The summed E-state index contributed by atoms with van der Waals surface area (Å²) < 4.78 is 17.8. The minimum atomic E-state index is -0.457. The highest BCUT2D eigenvalue weighted by Gasteiger charge is 2.34. The molecule has 36 heavy (non-hydrogen) atoms. The number of carbonyl (C=O) groups excluding carboxylic acids is 1. The van der Waals surface area contributed by atoms with Gasteiger partial charge in [0.25, 0.3) is 0 Å². The van der Waals surface area contributed by atoms with Gasteiger partial charge >= 0.3 is 0 Å². The van der Waals surface area contributed by atoms with Gasteiger partial charge in [0.2, 0.25) is 0 Å². The summed E-state index contributed by atoms with van der Waals surface area (Å²) in [4.78, 5) is 14.1. The highest BCUT2D eigenvalue weighted by molar-refractivity contribution is 7.94. The number of methoxy groups -OCH3 is 1. The first-order valence-electron chi connectivity index (χ1n) is 12.2. The SMILES string of the molecule is COc1c(OSC)cc2c(c1CC=C(C)C)C(=O)c1c(cc(OC(C)(C)C)c(CC=C(C)C)c1O)C2. The maximum atomic E-state index is 14.1. The summed E-state index contributed by atoms with van der Waals surface area (Å²) in [6.07, 6.45) is 7.43. The first-order chi connectivity index (χ1) is 16.9. The van der Waals surface area contributed by atoms with Crippen LogP contribution in [0.3, 0.4) is 0 Å². The molecule has 2 aromatic rings. The van der Waals surface area contributed by atoms with E-state index in [0.29, 0.717) is 53.2 Å². The summed E-state index contributed by atoms with van der Waals surface area (Å²) in [6.45, 7) is 14.0. The third-order valence-corrected chi connectivity index (χ3v) is 6.28. The fourth-order valence-electron chi connectivity index (χ4n) is 4.44. The van der Waals surface area contributed by atoms with Crippen LogP contribution >= 0.6 is 12.0 Å². The molecule has 2 aromatic carbocycles. The van der Waals surface area contributed by atoms with E-state index in [1.54, 1.807) is 7.11 Å².